The lowest BCUT2D eigenvalue weighted by Crippen LogP contribution is -2.20. The van der Waals surface area contributed by atoms with Gasteiger partial charge in [0.2, 0.25) is 0 Å². The number of nitrogens with one attached hydrogen (secondary N) is 1. The van der Waals surface area contributed by atoms with Crippen molar-refractivity contribution in [3.63, 3.8) is 0 Å². The summed E-state index contributed by atoms with van der Waals surface area (Å²) in [5.74, 6) is 1.28. The Bertz CT molecular complexity index is 498. The third-order valence-electron chi connectivity index (χ3n) is 3.01. The van der Waals surface area contributed by atoms with Crippen LogP contribution in [-0.4, -0.2) is 46.3 Å². The van der Waals surface area contributed by atoms with Gasteiger partial charge >= 0.3 is 0 Å². The molecule has 0 radical (unpaired) electrons. The number of anilines is 1. The maximum Gasteiger partial charge on any atom is 0.152 e. The van der Waals surface area contributed by atoms with E-state index in [1.807, 2.05) is 24.3 Å². The number of benzene rings is 1. The van der Waals surface area contributed by atoms with E-state index in [4.69, 9.17) is 9.47 Å². The Hall–Kier alpha value is -1.27. The molecule has 106 valence electrons. The van der Waals surface area contributed by atoms with E-state index in [1.165, 1.54) is 0 Å². The lowest BCUT2D eigenvalue weighted by Gasteiger charge is -2.13. The fourth-order valence-corrected chi connectivity index (χ4v) is 3.71. The quantitative estimate of drug-likeness (QED) is 0.798. The molecule has 1 saturated heterocycles. The predicted octanol–water partition coefficient (Wildman–Crippen LogP) is 1.31. The van der Waals surface area contributed by atoms with Crippen LogP contribution in [0.25, 0.3) is 0 Å². The van der Waals surface area contributed by atoms with Gasteiger partial charge in [-0.25, -0.2) is 8.42 Å². The van der Waals surface area contributed by atoms with Gasteiger partial charge in [0.15, 0.2) is 9.84 Å². The summed E-state index contributed by atoms with van der Waals surface area (Å²) in [6, 6.07) is 7.54. The van der Waals surface area contributed by atoms with Crippen LogP contribution in [0.2, 0.25) is 0 Å². The van der Waals surface area contributed by atoms with Gasteiger partial charge in [-0.3, -0.25) is 0 Å². The highest BCUT2D eigenvalue weighted by atomic mass is 32.2. The standard InChI is InChI=1S/C13H19NO4S/c1-17-7-8-18-13-4-2-11(3-5-13)14-12-6-9-19(15,16)10-12/h2-5,12,14H,6-10H2,1H3. The lowest BCUT2D eigenvalue weighted by atomic mass is 10.2. The van der Waals surface area contributed by atoms with Crippen molar-refractivity contribution < 1.29 is 17.9 Å². The zero-order valence-electron chi connectivity index (χ0n) is 11.0. The van der Waals surface area contributed by atoms with Crippen molar-refractivity contribution in [3.05, 3.63) is 24.3 Å². The van der Waals surface area contributed by atoms with Crippen LogP contribution in [0.3, 0.4) is 0 Å². The smallest absolute Gasteiger partial charge is 0.152 e. The fraction of sp³-hybridized carbons (Fsp3) is 0.538. The highest BCUT2D eigenvalue weighted by Gasteiger charge is 2.27. The molecule has 1 atom stereocenters. The number of hydrogen-bond donors (Lipinski definition) is 1. The molecule has 6 heteroatoms. The Morgan fingerprint density at radius 2 is 2.00 bits per heavy atom. The second-order valence-corrected chi connectivity index (χ2v) is 6.84. The molecular weight excluding hydrogens is 266 g/mol. The van der Waals surface area contributed by atoms with Crippen molar-refractivity contribution >= 4 is 15.5 Å². The summed E-state index contributed by atoms with van der Waals surface area (Å²) in [5.41, 5.74) is 0.918. The lowest BCUT2D eigenvalue weighted by molar-refractivity contribution is 0.146. The summed E-state index contributed by atoms with van der Waals surface area (Å²) in [6.07, 6.45) is 0.675. The van der Waals surface area contributed by atoms with Crippen LogP contribution in [0.4, 0.5) is 5.69 Å². The average molecular weight is 285 g/mol. The Labute approximate surface area is 113 Å². The maximum absolute atomic E-state index is 11.4. The van der Waals surface area contributed by atoms with Crippen LogP contribution >= 0.6 is 0 Å². The van der Waals surface area contributed by atoms with Crippen molar-refractivity contribution in [2.24, 2.45) is 0 Å². The Kier molecular flexibility index (Phi) is 4.66. The summed E-state index contributed by atoms with van der Waals surface area (Å²) in [6.45, 7) is 1.07. The van der Waals surface area contributed by atoms with Crippen LogP contribution in [0.1, 0.15) is 6.42 Å². The third-order valence-corrected chi connectivity index (χ3v) is 4.78. The molecule has 5 nitrogen and oxygen atoms in total. The number of rotatable bonds is 6. The van der Waals surface area contributed by atoms with Crippen molar-refractivity contribution in [1.82, 2.24) is 0 Å². The highest BCUT2D eigenvalue weighted by molar-refractivity contribution is 7.91. The van der Waals surface area contributed by atoms with E-state index in [-0.39, 0.29) is 17.5 Å². The molecule has 0 saturated carbocycles. The highest BCUT2D eigenvalue weighted by Crippen LogP contribution is 2.20. The van der Waals surface area contributed by atoms with Crippen LogP contribution in [0.15, 0.2) is 24.3 Å². The summed E-state index contributed by atoms with van der Waals surface area (Å²) < 4.78 is 33.1. The molecule has 1 heterocycles. The third kappa shape index (κ3) is 4.40. The molecule has 0 spiro atoms. The van der Waals surface area contributed by atoms with Crippen LogP contribution in [0.5, 0.6) is 5.75 Å². The fourth-order valence-electron chi connectivity index (χ4n) is 2.03. The van der Waals surface area contributed by atoms with E-state index in [1.54, 1.807) is 7.11 Å². The predicted molar refractivity (Wildman–Crippen MR) is 74.5 cm³/mol. The van der Waals surface area contributed by atoms with Crippen LogP contribution in [0, 0.1) is 0 Å². The molecule has 1 aromatic carbocycles. The minimum absolute atomic E-state index is 0.0188. The van der Waals surface area contributed by atoms with Gasteiger partial charge in [0, 0.05) is 18.8 Å². The van der Waals surface area contributed by atoms with Gasteiger partial charge in [-0.1, -0.05) is 0 Å². The number of hydrogen-bond acceptors (Lipinski definition) is 5. The summed E-state index contributed by atoms with van der Waals surface area (Å²) >= 11 is 0. The van der Waals surface area contributed by atoms with Gasteiger partial charge in [-0.05, 0) is 30.7 Å². The summed E-state index contributed by atoms with van der Waals surface area (Å²) in [7, 11) is -1.21. The largest absolute Gasteiger partial charge is 0.491 e. The van der Waals surface area contributed by atoms with Crippen molar-refractivity contribution in [2.75, 3.05) is 37.1 Å². The van der Waals surface area contributed by atoms with Gasteiger partial charge in [-0.2, -0.15) is 0 Å². The van der Waals surface area contributed by atoms with Gasteiger partial charge in [-0.15, -0.1) is 0 Å². The number of methoxy groups -OCH3 is 1. The monoisotopic (exact) mass is 285 g/mol. The normalized spacial score (nSPS) is 21.2. The molecule has 1 fully saturated rings. The zero-order chi connectivity index (χ0) is 13.7. The van der Waals surface area contributed by atoms with E-state index in [9.17, 15) is 8.42 Å². The first-order valence-electron chi connectivity index (χ1n) is 6.28. The first-order valence-corrected chi connectivity index (χ1v) is 8.10. The minimum atomic E-state index is -2.84. The molecule has 1 unspecified atom stereocenters. The van der Waals surface area contributed by atoms with Crippen molar-refractivity contribution in [1.29, 1.82) is 0 Å². The van der Waals surface area contributed by atoms with E-state index >= 15 is 0 Å². The first kappa shape index (κ1) is 14.1. The Balaban J connectivity index is 1.85. The molecule has 19 heavy (non-hydrogen) atoms. The molecule has 2 rings (SSSR count). The Morgan fingerprint density at radius 1 is 1.26 bits per heavy atom. The Morgan fingerprint density at radius 3 is 2.58 bits per heavy atom. The molecule has 1 N–H and O–H groups in total. The average Bonchev–Trinajstić information content (AvgIpc) is 2.71. The number of sulfone groups is 1. The molecule has 1 aliphatic rings. The van der Waals surface area contributed by atoms with E-state index in [0.29, 0.717) is 19.6 Å². The molecule has 1 aliphatic heterocycles. The van der Waals surface area contributed by atoms with Gasteiger partial charge in [0.05, 0.1) is 18.1 Å². The van der Waals surface area contributed by atoms with Crippen LogP contribution < -0.4 is 10.1 Å². The maximum atomic E-state index is 11.4. The SMILES string of the molecule is COCCOc1ccc(NC2CCS(=O)(=O)C2)cc1. The van der Waals surface area contributed by atoms with Gasteiger partial charge in [0.25, 0.3) is 0 Å². The first-order chi connectivity index (χ1) is 9.09. The topological polar surface area (TPSA) is 64.6 Å². The second-order valence-electron chi connectivity index (χ2n) is 4.61. The van der Waals surface area contributed by atoms with Crippen molar-refractivity contribution in [3.8, 4) is 5.75 Å². The van der Waals surface area contributed by atoms with Gasteiger partial charge in [0.1, 0.15) is 12.4 Å². The molecule has 0 aliphatic carbocycles. The minimum Gasteiger partial charge on any atom is -0.491 e. The zero-order valence-corrected chi connectivity index (χ0v) is 11.8. The van der Waals surface area contributed by atoms with Crippen LogP contribution in [-0.2, 0) is 14.6 Å². The second kappa shape index (κ2) is 6.25. The van der Waals surface area contributed by atoms with Crippen molar-refractivity contribution in [2.45, 2.75) is 12.5 Å². The summed E-state index contributed by atoms with van der Waals surface area (Å²) in [4.78, 5) is 0. The van der Waals surface area contributed by atoms with E-state index in [0.717, 1.165) is 11.4 Å². The molecule has 1 aromatic rings. The van der Waals surface area contributed by atoms with E-state index in [2.05, 4.69) is 5.32 Å². The molecule has 0 bridgehead atoms. The number of ether oxygens (including phenoxy) is 2. The van der Waals surface area contributed by atoms with Gasteiger partial charge < -0.3 is 14.8 Å². The molecular formula is C13H19NO4S. The molecule has 0 aromatic heterocycles. The van der Waals surface area contributed by atoms with E-state index < -0.39 is 9.84 Å². The summed E-state index contributed by atoms with van der Waals surface area (Å²) in [5, 5.41) is 3.23. The molecule has 0 amide bonds.